The summed E-state index contributed by atoms with van der Waals surface area (Å²) in [6.45, 7) is 4.83. The van der Waals surface area contributed by atoms with Crippen LogP contribution in [0.4, 0.5) is 0 Å². The summed E-state index contributed by atoms with van der Waals surface area (Å²) in [6.07, 6.45) is 2.93. The summed E-state index contributed by atoms with van der Waals surface area (Å²) in [7, 11) is 3.28. The summed E-state index contributed by atoms with van der Waals surface area (Å²) in [5.41, 5.74) is 3.53. The van der Waals surface area contributed by atoms with E-state index in [1.165, 1.54) is 0 Å². The lowest BCUT2D eigenvalue weighted by Crippen LogP contribution is -2.41. The van der Waals surface area contributed by atoms with Gasteiger partial charge in [-0.1, -0.05) is 18.2 Å². The molecule has 0 unspecified atom stereocenters. The van der Waals surface area contributed by atoms with Gasteiger partial charge in [-0.3, -0.25) is 9.69 Å². The first-order chi connectivity index (χ1) is 16.7. The van der Waals surface area contributed by atoms with Gasteiger partial charge in [0.1, 0.15) is 11.5 Å². The zero-order chi connectivity index (χ0) is 23.8. The molecule has 1 aromatic heterocycles. The number of aryl methyl sites for hydroxylation is 1. The first-order valence-electron chi connectivity index (χ1n) is 11.6. The molecule has 8 nitrogen and oxygen atoms in total. The van der Waals surface area contributed by atoms with Crippen molar-refractivity contribution in [3.63, 3.8) is 0 Å². The fourth-order valence-corrected chi connectivity index (χ4v) is 4.05. The van der Waals surface area contributed by atoms with Crippen LogP contribution in [0.3, 0.4) is 0 Å². The first-order valence-corrected chi connectivity index (χ1v) is 11.6. The van der Waals surface area contributed by atoms with Crippen molar-refractivity contribution in [2.45, 2.75) is 12.8 Å². The molecule has 1 aliphatic rings. The van der Waals surface area contributed by atoms with E-state index in [0.717, 1.165) is 61.1 Å². The van der Waals surface area contributed by atoms with Crippen molar-refractivity contribution in [2.75, 3.05) is 53.6 Å². The number of para-hydroxylation sites is 1. The summed E-state index contributed by atoms with van der Waals surface area (Å²) < 4.78 is 18.3. The second-order valence-electron chi connectivity index (χ2n) is 8.15. The third kappa shape index (κ3) is 5.95. The molecule has 1 aliphatic heterocycles. The summed E-state index contributed by atoms with van der Waals surface area (Å²) in [5, 5.41) is 7.91. The van der Waals surface area contributed by atoms with Crippen molar-refractivity contribution >= 4 is 5.91 Å². The van der Waals surface area contributed by atoms with Crippen LogP contribution >= 0.6 is 0 Å². The fourth-order valence-electron chi connectivity index (χ4n) is 4.05. The number of nitrogens with one attached hydrogen (secondary N) is 1. The smallest absolute Gasteiger partial charge is 0.220 e. The zero-order valence-electron chi connectivity index (χ0n) is 19.8. The predicted molar refractivity (Wildman–Crippen MR) is 131 cm³/mol. The van der Waals surface area contributed by atoms with Gasteiger partial charge in [-0.05, 0) is 42.3 Å². The number of rotatable bonds is 10. The average molecular weight is 465 g/mol. The minimum absolute atomic E-state index is 0.0317. The van der Waals surface area contributed by atoms with Crippen molar-refractivity contribution in [3.8, 4) is 28.4 Å². The maximum Gasteiger partial charge on any atom is 0.220 e. The fraction of sp³-hybridized carbons (Fsp3) is 0.385. The van der Waals surface area contributed by atoms with E-state index in [4.69, 9.17) is 19.3 Å². The number of morpholine rings is 1. The second-order valence-corrected chi connectivity index (χ2v) is 8.15. The number of amides is 1. The molecule has 0 saturated carbocycles. The molecule has 1 saturated heterocycles. The van der Waals surface area contributed by atoms with Gasteiger partial charge >= 0.3 is 0 Å². The van der Waals surface area contributed by atoms with E-state index in [1.807, 2.05) is 59.4 Å². The Morgan fingerprint density at radius 1 is 1.09 bits per heavy atom. The van der Waals surface area contributed by atoms with Crippen LogP contribution < -0.4 is 14.8 Å². The standard InChI is InChI=1S/C26H32N4O4/c1-32-22-9-10-24(33-2)23(18-22)26-20(19-30(28-26)21-6-4-3-5-7-21)8-11-25(31)27-12-13-29-14-16-34-17-15-29/h3-7,9-10,18-19H,8,11-17H2,1-2H3,(H,27,31). The third-order valence-electron chi connectivity index (χ3n) is 5.95. The van der Waals surface area contributed by atoms with Gasteiger partial charge in [0.2, 0.25) is 5.91 Å². The van der Waals surface area contributed by atoms with Gasteiger partial charge in [-0.15, -0.1) is 0 Å². The van der Waals surface area contributed by atoms with Crippen molar-refractivity contribution in [1.29, 1.82) is 0 Å². The summed E-state index contributed by atoms with van der Waals surface area (Å²) in [4.78, 5) is 14.9. The van der Waals surface area contributed by atoms with Gasteiger partial charge < -0.3 is 19.5 Å². The van der Waals surface area contributed by atoms with Crippen LogP contribution in [0.25, 0.3) is 16.9 Å². The van der Waals surface area contributed by atoms with Crippen LogP contribution in [0.1, 0.15) is 12.0 Å². The summed E-state index contributed by atoms with van der Waals surface area (Å²) in [6, 6.07) is 15.6. The molecule has 34 heavy (non-hydrogen) atoms. The Bertz CT molecular complexity index is 1080. The Morgan fingerprint density at radius 3 is 2.62 bits per heavy atom. The maximum atomic E-state index is 12.6. The topological polar surface area (TPSA) is 77.8 Å². The molecule has 2 heterocycles. The Balaban J connectivity index is 1.50. The monoisotopic (exact) mass is 464 g/mol. The average Bonchev–Trinajstić information content (AvgIpc) is 3.32. The molecule has 8 heteroatoms. The normalized spacial score (nSPS) is 14.1. The molecule has 0 radical (unpaired) electrons. The van der Waals surface area contributed by atoms with Crippen molar-refractivity contribution in [3.05, 3.63) is 60.3 Å². The molecule has 0 atom stereocenters. The van der Waals surface area contributed by atoms with E-state index >= 15 is 0 Å². The van der Waals surface area contributed by atoms with Gasteiger partial charge in [0.25, 0.3) is 0 Å². The molecule has 0 aliphatic carbocycles. The number of hydrogen-bond donors (Lipinski definition) is 1. The van der Waals surface area contributed by atoms with Crippen molar-refractivity contribution < 1.29 is 19.0 Å². The minimum atomic E-state index is 0.0317. The van der Waals surface area contributed by atoms with Crippen LogP contribution in [-0.2, 0) is 16.0 Å². The SMILES string of the molecule is COc1ccc(OC)c(-c2nn(-c3ccccc3)cc2CCC(=O)NCCN2CCOCC2)c1. The first kappa shape index (κ1) is 23.8. The number of hydrogen-bond acceptors (Lipinski definition) is 6. The lowest BCUT2D eigenvalue weighted by atomic mass is 10.0. The molecular weight excluding hydrogens is 432 g/mol. The van der Waals surface area contributed by atoms with Gasteiger partial charge in [-0.2, -0.15) is 5.10 Å². The molecule has 0 spiro atoms. The largest absolute Gasteiger partial charge is 0.497 e. The number of carbonyl (C=O) groups excluding carboxylic acids is 1. The molecule has 1 N–H and O–H groups in total. The quantitative estimate of drug-likeness (QED) is 0.497. The highest BCUT2D eigenvalue weighted by atomic mass is 16.5. The van der Waals surface area contributed by atoms with E-state index in [9.17, 15) is 4.79 Å². The number of aromatic nitrogens is 2. The highest BCUT2D eigenvalue weighted by Crippen LogP contribution is 2.35. The molecule has 180 valence electrons. The Hall–Kier alpha value is -3.36. The van der Waals surface area contributed by atoms with Crippen LogP contribution in [0.15, 0.2) is 54.7 Å². The number of carbonyl (C=O) groups is 1. The summed E-state index contributed by atoms with van der Waals surface area (Å²) >= 11 is 0. The highest BCUT2D eigenvalue weighted by Gasteiger charge is 2.18. The Labute approximate surface area is 200 Å². The number of methoxy groups -OCH3 is 2. The third-order valence-corrected chi connectivity index (χ3v) is 5.95. The molecule has 2 aromatic carbocycles. The van der Waals surface area contributed by atoms with Crippen LogP contribution in [0.2, 0.25) is 0 Å². The van der Waals surface area contributed by atoms with E-state index in [1.54, 1.807) is 14.2 Å². The Morgan fingerprint density at radius 2 is 1.88 bits per heavy atom. The number of nitrogens with zero attached hydrogens (tertiary/aromatic N) is 3. The van der Waals surface area contributed by atoms with E-state index in [2.05, 4.69) is 10.2 Å². The predicted octanol–water partition coefficient (Wildman–Crippen LogP) is 2.94. The van der Waals surface area contributed by atoms with Gasteiger partial charge in [-0.25, -0.2) is 4.68 Å². The maximum absolute atomic E-state index is 12.6. The number of ether oxygens (including phenoxy) is 3. The van der Waals surface area contributed by atoms with Gasteiger partial charge in [0.15, 0.2) is 0 Å². The van der Waals surface area contributed by atoms with E-state index < -0.39 is 0 Å². The van der Waals surface area contributed by atoms with Crippen LogP contribution in [0, 0.1) is 0 Å². The van der Waals surface area contributed by atoms with Gasteiger partial charge in [0, 0.05) is 44.4 Å². The lowest BCUT2D eigenvalue weighted by Gasteiger charge is -2.26. The minimum Gasteiger partial charge on any atom is -0.497 e. The molecular formula is C26H32N4O4. The molecule has 1 amide bonds. The van der Waals surface area contributed by atoms with Crippen molar-refractivity contribution in [2.24, 2.45) is 0 Å². The molecule has 1 fully saturated rings. The van der Waals surface area contributed by atoms with Crippen LogP contribution in [-0.4, -0.2) is 74.2 Å². The molecule has 3 aromatic rings. The van der Waals surface area contributed by atoms with E-state index in [-0.39, 0.29) is 5.91 Å². The molecule has 0 bridgehead atoms. The highest BCUT2D eigenvalue weighted by molar-refractivity contribution is 5.77. The molecule has 4 rings (SSSR count). The van der Waals surface area contributed by atoms with E-state index in [0.29, 0.717) is 25.1 Å². The van der Waals surface area contributed by atoms with Crippen molar-refractivity contribution in [1.82, 2.24) is 20.0 Å². The zero-order valence-corrected chi connectivity index (χ0v) is 19.8. The Kier molecular flexibility index (Phi) is 8.17. The lowest BCUT2D eigenvalue weighted by molar-refractivity contribution is -0.121. The van der Waals surface area contributed by atoms with Gasteiger partial charge in [0.05, 0.1) is 38.8 Å². The summed E-state index contributed by atoms with van der Waals surface area (Å²) in [5.74, 6) is 1.46. The second kappa shape index (κ2) is 11.7. The van der Waals surface area contributed by atoms with Crippen LogP contribution in [0.5, 0.6) is 11.5 Å². The number of benzene rings is 2.